The number of carboxylic acids is 1. The largest absolute Gasteiger partial charge is 0.476 e. The highest BCUT2D eigenvalue weighted by atomic mass is 32.2. The van der Waals surface area contributed by atoms with Crippen LogP contribution in [0, 0.1) is 0 Å². The van der Waals surface area contributed by atoms with E-state index in [-0.39, 0.29) is 5.69 Å². The van der Waals surface area contributed by atoms with E-state index in [0.717, 1.165) is 6.26 Å². The van der Waals surface area contributed by atoms with Crippen molar-refractivity contribution in [2.75, 3.05) is 11.6 Å². The second-order valence-corrected chi connectivity index (χ2v) is 7.33. The second-order valence-electron chi connectivity index (χ2n) is 4.96. The molecule has 122 valence electrons. The summed E-state index contributed by atoms with van der Waals surface area (Å²) in [6.45, 7) is 1.31. The van der Waals surface area contributed by atoms with E-state index in [1.165, 1.54) is 23.9 Å². The second kappa shape index (κ2) is 6.21. The number of hydrogen-bond acceptors (Lipinski definition) is 5. The molecule has 2 aromatic rings. The molecule has 0 aliphatic heterocycles. The predicted molar refractivity (Wildman–Crippen MR) is 83.5 cm³/mol. The number of hydrogen-bond donors (Lipinski definition) is 2. The molecule has 23 heavy (non-hydrogen) atoms. The number of nitrogens with zero attached hydrogens (tertiary/aromatic N) is 2. The molecule has 0 bridgehead atoms. The first-order chi connectivity index (χ1) is 10.7. The van der Waals surface area contributed by atoms with Crippen LogP contribution in [0.1, 0.15) is 17.4 Å². The summed E-state index contributed by atoms with van der Waals surface area (Å²) >= 11 is 0. The normalized spacial score (nSPS) is 12.6. The van der Waals surface area contributed by atoms with Crippen LogP contribution in [0.5, 0.6) is 0 Å². The summed E-state index contributed by atoms with van der Waals surface area (Å²) in [5.74, 6) is -1.79. The Morgan fingerprint density at radius 1 is 1.30 bits per heavy atom. The number of anilines is 1. The van der Waals surface area contributed by atoms with Crippen molar-refractivity contribution in [1.82, 2.24) is 9.78 Å². The van der Waals surface area contributed by atoms with E-state index < -0.39 is 27.0 Å². The summed E-state index contributed by atoms with van der Waals surface area (Å²) in [6, 6.07) is 7.81. The number of rotatable bonds is 5. The smallest absolute Gasteiger partial charge is 0.356 e. The molecule has 1 heterocycles. The summed E-state index contributed by atoms with van der Waals surface area (Å²) in [5, 5.41) is 14.1. The number of carbonyl (C=O) groups is 2. The number of aromatic carboxylic acids is 1. The van der Waals surface area contributed by atoms with Gasteiger partial charge in [0.2, 0.25) is 5.91 Å². The van der Waals surface area contributed by atoms with Gasteiger partial charge in [-0.25, -0.2) is 17.9 Å². The Kier molecular flexibility index (Phi) is 4.50. The standard InChI is InChI=1S/C14H15N3O5S/c1-9(23(2,21)22)13(18)15-10-4-3-5-11(8-10)17-7-6-12(16-17)14(19)20/h3-9H,1-2H3,(H,15,18)(H,19,20). The van der Waals surface area contributed by atoms with Crippen LogP contribution in [-0.4, -0.2) is 46.7 Å². The van der Waals surface area contributed by atoms with Crippen LogP contribution in [0.15, 0.2) is 36.5 Å². The molecule has 1 aromatic heterocycles. The molecule has 9 heteroatoms. The van der Waals surface area contributed by atoms with E-state index in [1.807, 2.05) is 0 Å². The van der Waals surface area contributed by atoms with Crippen LogP contribution in [0.25, 0.3) is 5.69 Å². The molecule has 2 N–H and O–H groups in total. The molecular formula is C14H15N3O5S. The number of nitrogens with one attached hydrogen (secondary N) is 1. The summed E-state index contributed by atoms with van der Waals surface area (Å²) in [7, 11) is -3.49. The minimum Gasteiger partial charge on any atom is -0.476 e. The number of carboxylic acid groups (broad SMARTS) is 1. The minimum absolute atomic E-state index is 0.106. The highest BCUT2D eigenvalue weighted by Gasteiger charge is 2.23. The van der Waals surface area contributed by atoms with Gasteiger partial charge in [-0.15, -0.1) is 0 Å². The predicted octanol–water partition coefficient (Wildman–Crippen LogP) is 0.942. The van der Waals surface area contributed by atoms with Crippen molar-refractivity contribution in [2.24, 2.45) is 0 Å². The Hall–Kier alpha value is -2.68. The Morgan fingerprint density at radius 3 is 2.57 bits per heavy atom. The van der Waals surface area contributed by atoms with Crippen LogP contribution in [0.4, 0.5) is 5.69 Å². The topological polar surface area (TPSA) is 118 Å². The van der Waals surface area contributed by atoms with Gasteiger partial charge in [0.25, 0.3) is 0 Å². The summed E-state index contributed by atoms with van der Waals surface area (Å²) in [4.78, 5) is 22.7. The molecule has 0 radical (unpaired) electrons. The molecule has 2 rings (SSSR count). The van der Waals surface area contributed by atoms with E-state index >= 15 is 0 Å². The maximum absolute atomic E-state index is 11.9. The lowest BCUT2D eigenvalue weighted by atomic mass is 10.2. The fourth-order valence-electron chi connectivity index (χ4n) is 1.75. The van der Waals surface area contributed by atoms with Crippen LogP contribution in [0.2, 0.25) is 0 Å². The molecule has 1 amide bonds. The Labute approximate surface area is 132 Å². The zero-order valence-corrected chi connectivity index (χ0v) is 13.2. The van der Waals surface area contributed by atoms with E-state index in [9.17, 15) is 18.0 Å². The summed E-state index contributed by atoms with van der Waals surface area (Å²) in [5.41, 5.74) is 0.808. The van der Waals surface area contributed by atoms with Gasteiger partial charge in [-0.2, -0.15) is 5.10 Å². The van der Waals surface area contributed by atoms with Crippen molar-refractivity contribution in [3.05, 3.63) is 42.2 Å². The van der Waals surface area contributed by atoms with Gasteiger partial charge < -0.3 is 10.4 Å². The van der Waals surface area contributed by atoms with Crippen molar-refractivity contribution < 1.29 is 23.1 Å². The van der Waals surface area contributed by atoms with Gasteiger partial charge in [0.15, 0.2) is 15.5 Å². The molecule has 0 fully saturated rings. The van der Waals surface area contributed by atoms with Crippen molar-refractivity contribution in [1.29, 1.82) is 0 Å². The molecule has 0 spiro atoms. The molecular weight excluding hydrogens is 322 g/mol. The highest BCUT2D eigenvalue weighted by Crippen LogP contribution is 2.15. The Bertz CT molecular complexity index is 857. The van der Waals surface area contributed by atoms with E-state index in [2.05, 4.69) is 10.4 Å². The van der Waals surface area contributed by atoms with E-state index in [0.29, 0.717) is 11.4 Å². The third-order valence-corrected chi connectivity index (χ3v) is 4.70. The average Bonchev–Trinajstić information content (AvgIpc) is 2.95. The minimum atomic E-state index is -3.49. The van der Waals surface area contributed by atoms with Crippen LogP contribution in [0.3, 0.4) is 0 Å². The van der Waals surface area contributed by atoms with Crippen LogP contribution < -0.4 is 5.32 Å². The van der Waals surface area contributed by atoms with Crippen LogP contribution in [-0.2, 0) is 14.6 Å². The first kappa shape index (κ1) is 16.7. The van der Waals surface area contributed by atoms with E-state index in [4.69, 9.17) is 5.11 Å². The zero-order valence-electron chi connectivity index (χ0n) is 12.4. The first-order valence-corrected chi connectivity index (χ1v) is 8.53. The van der Waals surface area contributed by atoms with E-state index in [1.54, 1.807) is 24.3 Å². The number of benzene rings is 1. The maximum atomic E-state index is 11.9. The number of aromatic nitrogens is 2. The lowest BCUT2D eigenvalue weighted by Gasteiger charge is -2.11. The third kappa shape index (κ3) is 3.95. The molecule has 1 unspecified atom stereocenters. The third-order valence-electron chi connectivity index (χ3n) is 3.20. The van der Waals surface area contributed by atoms with Gasteiger partial charge in [-0.05, 0) is 31.2 Å². The quantitative estimate of drug-likeness (QED) is 0.838. The Morgan fingerprint density at radius 2 is 2.00 bits per heavy atom. The van der Waals surface area contributed by atoms with Gasteiger partial charge >= 0.3 is 5.97 Å². The molecule has 1 aromatic carbocycles. The number of amides is 1. The average molecular weight is 337 g/mol. The fraction of sp³-hybridized carbons (Fsp3) is 0.214. The molecule has 1 atom stereocenters. The fourth-order valence-corrected chi connectivity index (χ4v) is 2.19. The van der Waals surface area contributed by atoms with Crippen molar-refractivity contribution >= 4 is 27.4 Å². The van der Waals surface area contributed by atoms with Gasteiger partial charge in [0, 0.05) is 18.1 Å². The summed E-state index contributed by atoms with van der Waals surface area (Å²) < 4.78 is 24.1. The number of carbonyl (C=O) groups excluding carboxylic acids is 1. The SMILES string of the molecule is CC(C(=O)Nc1cccc(-n2ccc(C(=O)O)n2)c1)S(C)(=O)=O. The van der Waals surface area contributed by atoms with Gasteiger partial charge in [0.1, 0.15) is 5.25 Å². The zero-order chi connectivity index (χ0) is 17.2. The molecule has 8 nitrogen and oxygen atoms in total. The van der Waals surface area contributed by atoms with Crippen molar-refractivity contribution in [3.8, 4) is 5.69 Å². The maximum Gasteiger partial charge on any atom is 0.356 e. The van der Waals surface area contributed by atoms with Crippen molar-refractivity contribution in [2.45, 2.75) is 12.2 Å². The molecule has 0 saturated carbocycles. The lowest BCUT2D eigenvalue weighted by Crippen LogP contribution is -2.31. The monoisotopic (exact) mass is 337 g/mol. The summed E-state index contributed by atoms with van der Waals surface area (Å²) in [6.07, 6.45) is 2.47. The number of sulfone groups is 1. The highest BCUT2D eigenvalue weighted by molar-refractivity contribution is 7.92. The Balaban J connectivity index is 2.23. The van der Waals surface area contributed by atoms with Gasteiger partial charge in [-0.3, -0.25) is 4.79 Å². The van der Waals surface area contributed by atoms with Crippen LogP contribution >= 0.6 is 0 Å². The lowest BCUT2D eigenvalue weighted by molar-refractivity contribution is -0.115. The first-order valence-electron chi connectivity index (χ1n) is 6.57. The van der Waals surface area contributed by atoms with Crippen molar-refractivity contribution in [3.63, 3.8) is 0 Å². The van der Waals surface area contributed by atoms with Gasteiger partial charge in [0.05, 0.1) is 5.69 Å². The molecule has 0 aliphatic carbocycles. The molecule has 0 aliphatic rings. The van der Waals surface area contributed by atoms with Gasteiger partial charge in [-0.1, -0.05) is 6.07 Å². The molecule has 0 saturated heterocycles.